The second-order valence-corrected chi connectivity index (χ2v) is 6.70. The molecular formula is C21H29N2O+. The van der Waals surface area contributed by atoms with E-state index in [1.54, 1.807) is 4.90 Å². The summed E-state index contributed by atoms with van der Waals surface area (Å²) in [5.41, 5.74) is 2.73. The normalized spacial score (nSPS) is 20.7. The van der Waals surface area contributed by atoms with E-state index in [4.69, 9.17) is 4.74 Å². The van der Waals surface area contributed by atoms with E-state index >= 15 is 0 Å². The highest BCUT2D eigenvalue weighted by molar-refractivity contribution is 5.33. The lowest BCUT2D eigenvalue weighted by molar-refractivity contribution is -0.936. The maximum Gasteiger partial charge on any atom is 0.122 e. The van der Waals surface area contributed by atoms with Crippen LogP contribution in [0, 0.1) is 0 Å². The van der Waals surface area contributed by atoms with Crippen molar-refractivity contribution in [1.82, 2.24) is 4.98 Å². The van der Waals surface area contributed by atoms with Crippen LogP contribution in [0.5, 0.6) is 5.75 Å². The number of hydrogen-bond acceptors (Lipinski definition) is 2. The van der Waals surface area contributed by atoms with Gasteiger partial charge in [-0.25, -0.2) is 0 Å². The third-order valence-electron chi connectivity index (χ3n) is 4.97. The number of para-hydroxylation sites is 1. The molecule has 1 aromatic carbocycles. The zero-order chi connectivity index (χ0) is 16.6. The molecule has 0 bridgehead atoms. The van der Waals surface area contributed by atoms with Crippen LogP contribution in [0.25, 0.3) is 0 Å². The predicted octanol–water partition coefficient (Wildman–Crippen LogP) is 3.22. The van der Waals surface area contributed by atoms with Gasteiger partial charge in [0, 0.05) is 30.8 Å². The molecule has 0 radical (unpaired) electrons. The zero-order valence-corrected chi connectivity index (χ0v) is 14.7. The molecule has 0 aliphatic carbocycles. The van der Waals surface area contributed by atoms with Crippen LogP contribution in [-0.4, -0.2) is 24.7 Å². The van der Waals surface area contributed by atoms with E-state index in [9.17, 15) is 0 Å². The van der Waals surface area contributed by atoms with Crippen LogP contribution in [0.4, 0.5) is 0 Å². The van der Waals surface area contributed by atoms with Crippen LogP contribution in [0.2, 0.25) is 0 Å². The molecule has 2 heterocycles. The van der Waals surface area contributed by atoms with Crippen LogP contribution >= 0.6 is 0 Å². The summed E-state index contributed by atoms with van der Waals surface area (Å²) in [6, 6.07) is 13.4. The van der Waals surface area contributed by atoms with E-state index in [0.29, 0.717) is 6.04 Å². The standard InChI is InChI=1S/C21H28N2O/c1-2-16-24-21-11-4-3-8-18(21)12-15-23-14-6-5-10-20(23)19-9-7-13-22-17-19/h3-4,7-9,11,13,17,20H,2,5-6,10,12,14-16H2,1H3/p+1/t20-/m0/s1. The molecular weight excluding hydrogens is 296 g/mol. The molecule has 1 fully saturated rings. The van der Waals surface area contributed by atoms with Gasteiger partial charge in [-0.2, -0.15) is 0 Å². The summed E-state index contributed by atoms with van der Waals surface area (Å²) in [5.74, 6) is 1.06. The van der Waals surface area contributed by atoms with Crippen LogP contribution in [0.15, 0.2) is 48.8 Å². The topological polar surface area (TPSA) is 26.6 Å². The number of benzene rings is 1. The van der Waals surface area contributed by atoms with Gasteiger partial charge in [0.1, 0.15) is 11.8 Å². The first-order valence-corrected chi connectivity index (χ1v) is 9.33. The minimum atomic E-state index is 0.594. The fraction of sp³-hybridized carbons (Fsp3) is 0.476. The predicted molar refractivity (Wildman–Crippen MR) is 97.5 cm³/mol. The first-order valence-electron chi connectivity index (χ1n) is 9.33. The van der Waals surface area contributed by atoms with Gasteiger partial charge >= 0.3 is 0 Å². The van der Waals surface area contributed by atoms with Gasteiger partial charge in [-0.1, -0.05) is 31.2 Å². The molecule has 2 atom stereocenters. The molecule has 1 aromatic heterocycles. The number of nitrogens with one attached hydrogen (secondary N) is 1. The Morgan fingerprint density at radius 2 is 2.08 bits per heavy atom. The molecule has 1 saturated heterocycles. The van der Waals surface area contributed by atoms with E-state index in [1.807, 2.05) is 12.4 Å². The zero-order valence-electron chi connectivity index (χ0n) is 14.7. The Hall–Kier alpha value is -1.87. The van der Waals surface area contributed by atoms with E-state index < -0.39 is 0 Å². The fourth-order valence-electron chi connectivity index (χ4n) is 3.72. The molecule has 24 heavy (non-hydrogen) atoms. The molecule has 3 nitrogen and oxygen atoms in total. The Labute approximate surface area is 145 Å². The minimum absolute atomic E-state index is 0.594. The van der Waals surface area contributed by atoms with E-state index in [1.165, 1.54) is 36.9 Å². The molecule has 128 valence electrons. The van der Waals surface area contributed by atoms with Crippen LogP contribution in [0.1, 0.15) is 49.8 Å². The first-order chi connectivity index (χ1) is 11.9. The lowest BCUT2D eigenvalue weighted by Gasteiger charge is -2.33. The Balaban J connectivity index is 1.66. The van der Waals surface area contributed by atoms with Crippen molar-refractivity contribution in [3.63, 3.8) is 0 Å². The molecule has 3 rings (SSSR count). The monoisotopic (exact) mass is 325 g/mol. The van der Waals surface area contributed by atoms with Crippen molar-refractivity contribution in [3.8, 4) is 5.75 Å². The lowest BCUT2D eigenvalue weighted by Crippen LogP contribution is -3.13. The van der Waals surface area contributed by atoms with E-state index in [0.717, 1.165) is 31.7 Å². The average Bonchev–Trinajstić information content (AvgIpc) is 2.66. The summed E-state index contributed by atoms with van der Waals surface area (Å²) < 4.78 is 5.92. The second kappa shape index (κ2) is 8.84. The van der Waals surface area contributed by atoms with E-state index in [-0.39, 0.29) is 0 Å². The number of ether oxygens (including phenoxy) is 1. The summed E-state index contributed by atoms with van der Waals surface area (Å²) in [6.07, 6.45) is 9.98. The number of pyridine rings is 1. The quantitative estimate of drug-likeness (QED) is 0.846. The fourth-order valence-corrected chi connectivity index (χ4v) is 3.72. The molecule has 0 spiro atoms. The molecule has 0 saturated carbocycles. The van der Waals surface area contributed by atoms with Gasteiger partial charge in [-0.3, -0.25) is 4.98 Å². The van der Waals surface area contributed by atoms with Gasteiger partial charge in [-0.05, 0) is 37.0 Å². The molecule has 1 unspecified atom stereocenters. The number of likely N-dealkylation sites (tertiary alicyclic amines) is 1. The van der Waals surface area contributed by atoms with E-state index in [2.05, 4.69) is 48.3 Å². The van der Waals surface area contributed by atoms with Gasteiger partial charge in [0.25, 0.3) is 0 Å². The van der Waals surface area contributed by atoms with Gasteiger partial charge in [0.05, 0.1) is 19.7 Å². The maximum absolute atomic E-state index is 5.92. The number of rotatable bonds is 7. The summed E-state index contributed by atoms with van der Waals surface area (Å²) in [7, 11) is 0. The van der Waals surface area contributed by atoms with Crippen molar-refractivity contribution in [2.75, 3.05) is 19.7 Å². The maximum atomic E-state index is 5.92. The summed E-state index contributed by atoms with van der Waals surface area (Å²) in [6.45, 7) is 5.37. The SMILES string of the molecule is CCCOc1ccccc1CC[NH+]1CCCC[C@H]1c1cccnc1. The van der Waals surface area contributed by atoms with Crippen molar-refractivity contribution in [3.05, 3.63) is 59.9 Å². The molecule has 1 aliphatic rings. The third kappa shape index (κ3) is 4.35. The van der Waals surface area contributed by atoms with Crippen molar-refractivity contribution in [1.29, 1.82) is 0 Å². The number of nitrogens with zero attached hydrogens (tertiary/aromatic N) is 1. The van der Waals surface area contributed by atoms with Gasteiger partial charge in [0.2, 0.25) is 0 Å². The summed E-state index contributed by atoms with van der Waals surface area (Å²) in [5, 5.41) is 0. The van der Waals surface area contributed by atoms with Crippen LogP contribution in [0.3, 0.4) is 0 Å². The minimum Gasteiger partial charge on any atom is -0.493 e. The number of aromatic nitrogens is 1. The van der Waals surface area contributed by atoms with Gasteiger partial charge in [-0.15, -0.1) is 0 Å². The van der Waals surface area contributed by atoms with Crippen LogP contribution in [-0.2, 0) is 6.42 Å². The first kappa shape index (κ1) is 17.0. The Morgan fingerprint density at radius 1 is 1.17 bits per heavy atom. The smallest absolute Gasteiger partial charge is 0.122 e. The highest BCUT2D eigenvalue weighted by Gasteiger charge is 2.27. The number of piperidine rings is 1. The Morgan fingerprint density at radius 3 is 2.92 bits per heavy atom. The Kier molecular flexibility index (Phi) is 6.25. The summed E-state index contributed by atoms with van der Waals surface area (Å²) in [4.78, 5) is 6.02. The number of quaternary nitrogens is 1. The van der Waals surface area contributed by atoms with Gasteiger partial charge < -0.3 is 9.64 Å². The Bertz CT molecular complexity index is 614. The van der Waals surface area contributed by atoms with Gasteiger partial charge in [0.15, 0.2) is 0 Å². The molecule has 2 aromatic rings. The third-order valence-corrected chi connectivity index (χ3v) is 4.97. The highest BCUT2D eigenvalue weighted by atomic mass is 16.5. The highest BCUT2D eigenvalue weighted by Crippen LogP contribution is 2.20. The summed E-state index contributed by atoms with van der Waals surface area (Å²) >= 11 is 0. The number of hydrogen-bond donors (Lipinski definition) is 1. The van der Waals surface area contributed by atoms with Crippen molar-refractivity contribution >= 4 is 0 Å². The molecule has 3 heteroatoms. The van der Waals surface area contributed by atoms with Crippen LogP contribution < -0.4 is 9.64 Å². The molecule has 0 amide bonds. The van der Waals surface area contributed by atoms with Crippen molar-refractivity contribution in [2.45, 2.75) is 45.1 Å². The lowest BCUT2D eigenvalue weighted by atomic mass is 9.96. The largest absolute Gasteiger partial charge is 0.493 e. The molecule has 1 N–H and O–H groups in total. The second-order valence-electron chi connectivity index (χ2n) is 6.70. The average molecular weight is 325 g/mol. The van der Waals surface area contributed by atoms with Crippen molar-refractivity contribution < 1.29 is 9.64 Å². The van der Waals surface area contributed by atoms with Crippen molar-refractivity contribution in [2.24, 2.45) is 0 Å². The molecule has 1 aliphatic heterocycles.